The zero-order valence-electron chi connectivity index (χ0n) is 15.9. The number of aromatic nitrogens is 2. The maximum Gasteiger partial charge on any atom is 0.270 e. The van der Waals surface area contributed by atoms with Gasteiger partial charge in [-0.15, -0.1) is 0 Å². The van der Waals surface area contributed by atoms with Gasteiger partial charge >= 0.3 is 0 Å². The molecule has 0 aliphatic carbocycles. The van der Waals surface area contributed by atoms with Crippen LogP contribution in [0.5, 0.6) is 0 Å². The molecule has 1 fully saturated rings. The van der Waals surface area contributed by atoms with E-state index >= 15 is 0 Å². The molecule has 0 saturated carbocycles. The molecule has 2 aromatic carbocycles. The smallest absolute Gasteiger partial charge is 0.270 e. The summed E-state index contributed by atoms with van der Waals surface area (Å²) in [7, 11) is 0. The molecule has 0 radical (unpaired) electrons. The molecule has 0 unspecified atom stereocenters. The molecule has 0 N–H and O–H groups in total. The van der Waals surface area contributed by atoms with Crippen molar-refractivity contribution in [3.8, 4) is 0 Å². The molecule has 0 atom stereocenters. The van der Waals surface area contributed by atoms with Crippen LogP contribution in [0.3, 0.4) is 0 Å². The number of nitro groups is 1. The van der Waals surface area contributed by atoms with Crippen molar-refractivity contribution in [2.24, 2.45) is 0 Å². The Kier molecular flexibility index (Phi) is 5.13. The number of benzene rings is 2. The fourth-order valence-corrected chi connectivity index (χ4v) is 3.48. The summed E-state index contributed by atoms with van der Waals surface area (Å²) in [6.07, 6.45) is 1.28. The van der Waals surface area contributed by atoms with Crippen molar-refractivity contribution in [2.75, 3.05) is 31.1 Å². The molecule has 9 nitrogen and oxygen atoms in total. The molecule has 10 heteroatoms. The third-order valence-corrected chi connectivity index (χ3v) is 5.15. The molecular formula is C20H18FN5O4. The number of carbonyl (C=O) groups is 1. The number of nitrogens with zero attached hydrogens (tertiary/aromatic N) is 5. The van der Waals surface area contributed by atoms with E-state index in [0.29, 0.717) is 31.7 Å². The van der Waals surface area contributed by atoms with Crippen LogP contribution in [0, 0.1) is 15.9 Å². The normalized spacial score (nSPS) is 14.2. The number of non-ortho nitro benzene ring substituents is 1. The Morgan fingerprint density at radius 3 is 2.47 bits per heavy atom. The van der Waals surface area contributed by atoms with E-state index in [4.69, 9.17) is 0 Å². The van der Waals surface area contributed by atoms with E-state index in [-0.39, 0.29) is 29.3 Å². The van der Waals surface area contributed by atoms with Crippen LogP contribution in [0.1, 0.15) is 0 Å². The van der Waals surface area contributed by atoms with Crippen molar-refractivity contribution >= 4 is 28.2 Å². The molecule has 4 rings (SSSR count). The molecular weight excluding hydrogens is 393 g/mol. The Hall–Kier alpha value is -3.82. The van der Waals surface area contributed by atoms with Gasteiger partial charge in [0.1, 0.15) is 12.4 Å². The summed E-state index contributed by atoms with van der Waals surface area (Å²) in [6.45, 7) is 1.93. The predicted octanol–water partition coefficient (Wildman–Crippen LogP) is 1.79. The first-order valence-corrected chi connectivity index (χ1v) is 9.34. The Labute approximate surface area is 170 Å². The summed E-state index contributed by atoms with van der Waals surface area (Å²) in [5.74, 6) is -0.533. The molecule has 3 aromatic rings. The first kappa shape index (κ1) is 19.5. The fraction of sp³-hybridized carbons (Fsp3) is 0.250. The lowest BCUT2D eigenvalue weighted by Crippen LogP contribution is -2.50. The highest BCUT2D eigenvalue weighted by Crippen LogP contribution is 2.18. The monoisotopic (exact) mass is 411 g/mol. The second-order valence-corrected chi connectivity index (χ2v) is 6.98. The maximum absolute atomic E-state index is 13.1. The van der Waals surface area contributed by atoms with Crippen molar-refractivity contribution in [3.63, 3.8) is 0 Å². The van der Waals surface area contributed by atoms with E-state index in [0.717, 1.165) is 5.69 Å². The van der Waals surface area contributed by atoms with Crippen LogP contribution in [0.4, 0.5) is 15.8 Å². The van der Waals surface area contributed by atoms with Gasteiger partial charge in [0.15, 0.2) is 0 Å². The second-order valence-electron chi connectivity index (χ2n) is 6.98. The maximum atomic E-state index is 13.1. The van der Waals surface area contributed by atoms with Crippen molar-refractivity contribution in [3.05, 3.63) is 75.1 Å². The highest BCUT2D eigenvalue weighted by atomic mass is 19.1. The number of amides is 1. The number of halogens is 1. The van der Waals surface area contributed by atoms with Gasteiger partial charge < -0.3 is 9.80 Å². The van der Waals surface area contributed by atoms with Crippen LogP contribution in [0.15, 0.2) is 53.6 Å². The quantitative estimate of drug-likeness (QED) is 0.479. The lowest BCUT2D eigenvalue weighted by Gasteiger charge is -2.36. The molecule has 0 spiro atoms. The van der Waals surface area contributed by atoms with Gasteiger partial charge in [-0.1, -0.05) is 0 Å². The van der Waals surface area contributed by atoms with Gasteiger partial charge in [0.2, 0.25) is 5.91 Å². The molecule has 1 aromatic heterocycles. The summed E-state index contributed by atoms with van der Waals surface area (Å²) in [5.41, 5.74) is 0.520. The van der Waals surface area contributed by atoms with Crippen LogP contribution in [0.2, 0.25) is 0 Å². The van der Waals surface area contributed by atoms with Crippen molar-refractivity contribution in [1.29, 1.82) is 0 Å². The molecule has 1 aliphatic heterocycles. The first-order chi connectivity index (χ1) is 14.4. The summed E-state index contributed by atoms with van der Waals surface area (Å²) >= 11 is 0. The number of piperazine rings is 1. The van der Waals surface area contributed by atoms with E-state index in [2.05, 4.69) is 9.88 Å². The van der Waals surface area contributed by atoms with Gasteiger partial charge in [0, 0.05) is 44.0 Å². The van der Waals surface area contributed by atoms with Gasteiger partial charge in [-0.25, -0.2) is 9.37 Å². The molecule has 1 saturated heterocycles. The highest BCUT2D eigenvalue weighted by Gasteiger charge is 2.22. The molecule has 154 valence electrons. The molecule has 1 aliphatic rings. The highest BCUT2D eigenvalue weighted by molar-refractivity contribution is 5.81. The van der Waals surface area contributed by atoms with E-state index in [1.807, 2.05) is 0 Å². The fourth-order valence-electron chi connectivity index (χ4n) is 3.48. The van der Waals surface area contributed by atoms with Gasteiger partial charge in [0.25, 0.3) is 11.2 Å². The van der Waals surface area contributed by atoms with Crippen molar-refractivity contribution in [2.45, 2.75) is 6.54 Å². The zero-order chi connectivity index (χ0) is 21.3. The van der Waals surface area contributed by atoms with Crippen LogP contribution in [-0.2, 0) is 11.3 Å². The lowest BCUT2D eigenvalue weighted by molar-refractivity contribution is -0.384. The van der Waals surface area contributed by atoms with Gasteiger partial charge in [-0.3, -0.25) is 24.3 Å². The number of hydrogen-bond donors (Lipinski definition) is 0. The summed E-state index contributed by atoms with van der Waals surface area (Å²) in [6, 6.07) is 10.1. The number of carbonyl (C=O) groups excluding carboxylic acids is 1. The van der Waals surface area contributed by atoms with Gasteiger partial charge in [0.05, 0.1) is 22.2 Å². The van der Waals surface area contributed by atoms with E-state index in [9.17, 15) is 24.1 Å². The number of anilines is 1. The average molecular weight is 411 g/mol. The first-order valence-electron chi connectivity index (χ1n) is 9.34. The number of nitro benzene ring substituents is 1. The molecule has 1 amide bonds. The summed E-state index contributed by atoms with van der Waals surface area (Å²) in [4.78, 5) is 43.6. The van der Waals surface area contributed by atoms with E-state index in [1.165, 1.54) is 41.2 Å². The average Bonchev–Trinajstić information content (AvgIpc) is 2.76. The van der Waals surface area contributed by atoms with Crippen molar-refractivity contribution in [1.82, 2.24) is 14.5 Å². The number of hydrogen-bond acceptors (Lipinski definition) is 6. The molecule has 0 bridgehead atoms. The minimum atomic E-state index is -0.581. The third-order valence-electron chi connectivity index (χ3n) is 5.15. The topological polar surface area (TPSA) is 102 Å². The lowest BCUT2D eigenvalue weighted by atomic mass is 10.2. The Morgan fingerprint density at radius 1 is 1.10 bits per heavy atom. The Balaban J connectivity index is 1.46. The van der Waals surface area contributed by atoms with E-state index in [1.54, 1.807) is 17.0 Å². The zero-order valence-corrected chi connectivity index (χ0v) is 15.9. The summed E-state index contributed by atoms with van der Waals surface area (Å²) in [5, 5.41) is 11.1. The standard InChI is InChI=1S/C20H18FN5O4/c21-14-1-3-15(4-2-14)23-7-9-24(10-8-23)19(27)12-25-13-22-18-6-5-16(26(29)30)11-17(18)20(25)28/h1-6,11,13H,7-10,12H2. The molecule has 30 heavy (non-hydrogen) atoms. The van der Waals surface area contributed by atoms with Crippen LogP contribution in [-0.4, -0.2) is 51.5 Å². The molecule has 2 heterocycles. The van der Waals surface area contributed by atoms with Crippen LogP contribution < -0.4 is 10.5 Å². The minimum Gasteiger partial charge on any atom is -0.368 e. The third kappa shape index (κ3) is 3.84. The second kappa shape index (κ2) is 7.90. The SMILES string of the molecule is O=C(Cn1cnc2ccc([N+](=O)[O-])cc2c1=O)N1CCN(c2ccc(F)cc2)CC1. The minimum absolute atomic E-state index is 0.0978. The van der Waals surface area contributed by atoms with E-state index < -0.39 is 10.5 Å². The van der Waals surface area contributed by atoms with Crippen LogP contribution in [0.25, 0.3) is 10.9 Å². The number of rotatable bonds is 4. The largest absolute Gasteiger partial charge is 0.368 e. The predicted molar refractivity (Wildman–Crippen MR) is 108 cm³/mol. The summed E-state index contributed by atoms with van der Waals surface area (Å²) < 4.78 is 14.3. The number of fused-ring (bicyclic) bond motifs is 1. The van der Waals surface area contributed by atoms with Gasteiger partial charge in [-0.2, -0.15) is 0 Å². The Morgan fingerprint density at radius 2 is 1.80 bits per heavy atom. The Bertz CT molecular complexity index is 1170. The van der Waals surface area contributed by atoms with Gasteiger partial charge in [-0.05, 0) is 30.3 Å². The van der Waals surface area contributed by atoms with Crippen LogP contribution >= 0.6 is 0 Å². The van der Waals surface area contributed by atoms with Crippen molar-refractivity contribution < 1.29 is 14.1 Å².